The van der Waals surface area contributed by atoms with Gasteiger partial charge in [0.05, 0.1) is 29.9 Å². The van der Waals surface area contributed by atoms with Crippen LogP contribution in [0.2, 0.25) is 0 Å². The summed E-state index contributed by atoms with van der Waals surface area (Å²) in [5.74, 6) is 5.69. The lowest BCUT2D eigenvalue weighted by Gasteiger charge is -2.35. The number of carbonyl (C=O) groups is 1. The number of carbonyl (C=O) groups excluding carboxylic acids is 1. The van der Waals surface area contributed by atoms with Crippen LogP contribution in [-0.4, -0.2) is 52.8 Å². The van der Waals surface area contributed by atoms with E-state index in [0.29, 0.717) is 30.6 Å². The molecule has 0 bridgehead atoms. The van der Waals surface area contributed by atoms with Crippen molar-refractivity contribution in [2.45, 2.75) is 32.5 Å². The van der Waals surface area contributed by atoms with Crippen molar-refractivity contribution in [3.8, 4) is 11.8 Å². The number of ether oxygens (including phenoxy) is 1. The maximum atomic E-state index is 12.7. The maximum Gasteiger partial charge on any atom is 0.255 e. The monoisotopic (exact) mass is 288 g/mol. The zero-order valence-electron chi connectivity index (χ0n) is 12.4. The quantitative estimate of drug-likeness (QED) is 0.827. The van der Waals surface area contributed by atoms with Crippen molar-refractivity contribution in [3.05, 3.63) is 29.6 Å². The van der Waals surface area contributed by atoms with E-state index in [1.807, 2.05) is 13.8 Å². The van der Waals surface area contributed by atoms with Gasteiger partial charge in [-0.3, -0.25) is 9.78 Å². The van der Waals surface area contributed by atoms with Gasteiger partial charge in [-0.2, -0.15) is 0 Å². The van der Waals surface area contributed by atoms with Crippen molar-refractivity contribution < 1.29 is 14.6 Å². The fraction of sp³-hybridized carbons (Fsp3) is 0.500. The number of rotatable bonds is 2. The molecule has 0 aromatic carbocycles. The lowest BCUT2D eigenvalue weighted by molar-refractivity contribution is -0.0586. The first kappa shape index (κ1) is 15.5. The van der Waals surface area contributed by atoms with Crippen LogP contribution in [0.25, 0.3) is 0 Å². The summed E-state index contributed by atoms with van der Waals surface area (Å²) >= 11 is 0. The van der Waals surface area contributed by atoms with E-state index in [1.54, 1.807) is 23.4 Å². The van der Waals surface area contributed by atoms with Crippen LogP contribution in [0.4, 0.5) is 0 Å². The van der Waals surface area contributed by atoms with Crippen LogP contribution in [0.3, 0.4) is 0 Å². The van der Waals surface area contributed by atoms with Gasteiger partial charge in [-0.15, -0.1) is 0 Å². The molecule has 112 valence electrons. The third-order valence-electron chi connectivity index (χ3n) is 3.22. The fourth-order valence-electron chi connectivity index (χ4n) is 2.41. The summed E-state index contributed by atoms with van der Waals surface area (Å²) in [5.41, 5.74) is 1.15. The van der Waals surface area contributed by atoms with Crippen LogP contribution in [-0.2, 0) is 4.74 Å². The summed E-state index contributed by atoms with van der Waals surface area (Å²) in [7, 11) is 0. The lowest BCUT2D eigenvalue weighted by atomic mass is 10.1. The van der Waals surface area contributed by atoms with Crippen molar-refractivity contribution in [1.29, 1.82) is 0 Å². The number of aliphatic hydroxyl groups is 1. The molecule has 1 aliphatic rings. The van der Waals surface area contributed by atoms with Crippen molar-refractivity contribution in [2.24, 2.45) is 0 Å². The molecule has 1 saturated heterocycles. The van der Waals surface area contributed by atoms with Crippen molar-refractivity contribution in [1.82, 2.24) is 9.88 Å². The van der Waals surface area contributed by atoms with E-state index in [-0.39, 0.29) is 24.7 Å². The summed E-state index contributed by atoms with van der Waals surface area (Å²) in [6.07, 6.45) is 3.63. The summed E-state index contributed by atoms with van der Waals surface area (Å²) in [6.45, 7) is 5.09. The van der Waals surface area contributed by atoms with Gasteiger partial charge in [0.15, 0.2) is 0 Å². The Kier molecular flexibility index (Phi) is 5.32. The second-order valence-corrected chi connectivity index (χ2v) is 5.16. The molecule has 21 heavy (non-hydrogen) atoms. The van der Waals surface area contributed by atoms with Gasteiger partial charge in [0.25, 0.3) is 5.91 Å². The highest BCUT2D eigenvalue weighted by atomic mass is 16.5. The van der Waals surface area contributed by atoms with Gasteiger partial charge in [-0.05, 0) is 19.9 Å². The van der Waals surface area contributed by atoms with E-state index in [0.717, 1.165) is 0 Å². The van der Waals surface area contributed by atoms with Gasteiger partial charge in [-0.1, -0.05) is 11.8 Å². The number of aromatic nitrogens is 1. The number of pyridine rings is 1. The SMILES string of the molecule is CC1CN(C(=O)c2ccncc2C#CCCO)CC(C)O1. The fourth-order valence-corrected chi connectivity index (χ4v) is 2.41. The van der Waals surface area contributed by atoms with Gasteiger partial charge in [-0.25, -0.2) is 0 Å². The Morgan fingerprint density at radius 2 is 2.19 bits per heavy atom. The number of amides is 1. The summed E-state index contributed by atoms with van der Waals surface area (Å²) in [4.78, 5) is 18.5. The molecule has 2 atom stereocenters. The van der Waals surface area contributed by atoms with Crippen molar-refractivity contribution in [3.63, 3.8) is 0 Å². The molecule has 1 aromatic heterocycles. The zero-order chi connectivity index (χ0) is 15.2. The van der Waals surface area contributed by atoms with Gasteiger partial charge in [0, 0.05) is 31.9 Å². The molecular formula is C16H20N2O3. The number of morpholine rings is 1. The molecule has 1 N–H and O–H groups in total. The molecule has 5 nitrogen and oxygen atoms in total. The molecule has 0 spiro atoms. The number of nitrogens with zero attached hydrogens (tertiary/aromatic N) is 2. The predicted molar refractivity (Wildman–Crippen MR) is 78.7 cm³/mol. The summed E-state index contributed by atoms with van der Waals surface area (Å²) < 4.78 is 5.65. The zero-order valence-corrected chi connectivity index (χ0v) is 12.4. The Bertz CT molecular complexity index is 552. The summed E-state index contributed by atoms with van der Waals surface area (Å²) in [6, 6.07) is 1.69. The standard InChI is InChI=1S/C16H20N2O3/c1-12-10-18(11-13(2)21-12)16(20)15-6-7-17-9-14(15)5-3-4-8-19/h6-7,9,12-13,19H,4,8,10-11H2,1-2H3. The Morgan fingerprint density at radius 1 is 1.48 bits per heavy atom. The van der Waals surface area contributed by atoms with Crippen LogP contribution in [0, 0.1) is 11.8 Å². The molecule has 0 aliphatic carbocycles. The number of hydrogen-bond acceptors (Lipinski definition) is 4. The topological polar surface area (TPSA) is 62.7 Å². The van der Waals surface area contributed by atoms with Crippen LogP contribution < -0.4 is 0 Å². The van der Waals surface area contributed by atoms with E-state index >= 15 is 0 Å². The Hall–Kier alpha value is -1.90. The number of aliphatic hydroxyl groups excluding tert-OH is 1. The second-order valence-electron chi connectivity index (χ2n) is 5.16. The van der Waals surface area contributed by atoms with Crippen LogP contribution in [0.15, 0.2) is 18.5 Å². The summed E-state index contributed by atoms with van der Waals surface area (Å²) in [5, 5.41) is 8.78. The highest BCUT2D eigenvalue weighted by Crippen LogP contribution is 2.16. The molecule has 1 aromatic rings. The molecule has 2 rings (SSSR count). The van der Waals surface area contributed by atoms with E-state index in [4.69, 9.17) is 9.84 Å². The van der Waals surface area contributed by atoms with E-state index < -0.39 is 0 Å². The number of hydrogen-bond donors (Lipinski definition) is 1. The predicted octanol–water partition coefficient (Wildman–Crippen LogP) is 1.06. The Morgan fingerprint density at radius 3 is 2.86 bits per heavy atom. The van der Waals surface area contributed by atoms with Crippen LogP contribution in [0.1, 0.15) is 36.2 Å². The van der Waals surface area contributed by atoms with Gasteiger partial charge < -0.3 is 14.7 Å². The minimum absolute atomic E-state index is 0.00896. The molecule has 1 fully saturated rings. The van der Waals surface area contributed by atoms with Crippen molar-refractivity contribution in [2.75, 3.05) is 19.7 Å². The maximum absolute atomic E-state index is 12.7. The molecule has 1 aliphatic heterocycles. The average Bonchev–Trinajstić information content (AvgIpc) is 2.46. The van der Waals surface area contributed by atoms with E-state index in [9.17, 15) is 4.79 Å². The molecular weight excluding hydrogens is 268 g/mol. The molecule has 0 saturated carbocycles. The molecule has 5 heteroatoms. The normalized spacial score (nSPS) is 21.6. The first-order valence-electron chi connectivity index (χ1n) is 7.10. The molecule has 1 amide bonds. The van der Waals surface area contributed by atoms with Gasteiger partial charge in [0.2, 0.25) is 0 Å². The highest BCUT2D eigenvalue weighted by molar-refractivity contribution is 5.96. The first-order chi connectivity index (χ1) is 10.1. The van der Waals surface area contributed by atoms with Crippen molar-refractivity contribution >= 4 is 5.91 Å². The van der Waals surface area contributed by atoms with E-state index in [2.05, 4.69) is 16.8 Å². The van der Waals surface area contributed by atoms with Gasteiger partial charge in [0.1, 0.15) is 0 Å². The highest BCUT2D eigenvalue weighted by Gasteiger charge is 2.27. The largest absolute Gasteiger partial charge is 0.395 e. The van der Waals surface area contributed by atoms with Crippen LogP contribution >= 0.6 is 0 Å². The average molecular weight is 288 g/mol. The lowest BCUT2D eigenvalue weighted by Crippen LogP contribution is -2.48. The second kappa shape index (κ2) is 7.21. The molecule has 0 radical (unpaired) electrons. The first-order valence-corrected chi connectivity index (χ1v) is 7.10. The third-order valence-corrected chi connectivity index (χ3v) is 3.22. The van der Waals surface area contributed by atoms with Crippen LogP contribution in [0.5, 0.6) is 0 Å². The molecule has 2 heterocycles. The van der Waals surface area contributed by atoms with E-state index in [1.165, 1.54) is 0 Å². The Labute approximate surface area is 124 Å². The molecule has 2 unspecified atom stereocenters. The Balaban J connectivity index is 2.21. The third kappa shape index (κ3) is 4.03. The van der Waals surface area contributed by atoms with Gasteiger partial charge >= 0.3 is 0 Å². The smallest absolute Gasteiger partial charge is 0.255 e. The minimum atomic E-state index is -0.0484. The minimum Gasteiger partial charge on any atom is -0.395 e.